The minimum atomic E-state index is -1.22. The van der Waals surface area contributed by atoms with E-state index in [1.165, 1.54) is 23.8 Å². The van der Waals surface area contributed by atoms with E-state index in [9.17, 15) is 18.7 Å². The summed E-state index contributed by atoms with van der Waals surface area (Å²) in [5, 5.41) is 16.3. The summed E-state index contributed by atoms with van der Waals surface area (Å²) in [6.07, 6.45) is 3.31. The lowest BCUT2D eigenvalue weighted by molar-refractivity contribution is 0.187. The molecule has 0 saturated carbocycles. The van der Waals surface area contributed by atoms with Gasteiger partial charge in [0.05, 0.1) is 17.6 Å². The van der Waals surface area contributed by atoms with Gasteiger partial charge in [-0.05, 0) is 19.1 Å². The predicted octanol–water partition coefficient (Wildman–Crippen LogP) is 2.38. The van der Waals surface area contributed by atoms with Crippen molar-refractivity contribution in [3.63, 3.8) is 0 Å². The first-order valence-corrected chi connectivity index (χ1v) is 6.98. The van der Waals surface area contributed by atoms with E-state index in [1.54, 1.807) is 12.3 Å². The molecule has 0 aliphatic rings. The topological polar surface area (TPSA) is 82.8 Å². The summed E-state index contributed by atoms with van der Waals surface area (Å²) < 4.78 is 28.1. The lowest BCUT2D eigenvalue weighted by atomic mass is 10.3. The minimum absolute atomic E-state index is 0.207. The largest absolute Gasteiger partial charge is 0.373 e. The van der Waals surface area contributed by atoms with Crippen molar-refractivity contribution in [3.8, 4) is 0 Å². The predicted molar refractivity (Wildman–Crippen MR) is 82.5 cm³/mol. The van der Waals surface area contributed by atoms with Gasteiger partial charge in [-0.3, -0.25) is 4.90 Å². The van der Waals surface area contributed by atoms with Crippen LogP contribution in [0.15, 0.2) is 42.9 Å². The van der Waals surface area contributed by atoms with Gasteiger partial charge < -0.3 is 10.4 Å². The molecule has 2 amide bonds. The number of aromatic nitrogens is 3. The monoisotopic (exact) mass is 333 g/mol. The lowest BCUT2D eigenvalue weighted by Crippen LogP contribution is -2.42. The number of nitrogens with zero attached hydrogens (tertiary/aromatic N) is 4. The van der Waals surface area contributed by atoms with E-state index in [4.69, 9.17) is 0 Å². The molecule has 3 rings (SSSR count). The number of halogens is 2. The second kappa shape index (κ2) is 6.20. The maximum atomic E-state index is 13.7. The Morgan fingerprint density at radius 3 is 2.88 bits per heavy atom. The van der Waals surface area contributed by atoms with Crippen LogP contribution in [-0.2, 0) is 0 Å². The molecule has 9 heteroatoms. The van der Waals surface area contributed by atoms with Crippen molar-refractivity contribution in [1.29, 1.82) is 0 Å². The van der Waals surface area contributed by atoms with E-state index < -0.39 is 23.9 Å². The molecule has 0 bridgehead atoms. The van der Waals surface area contributed by atoms with Crippen molar-refractivity contribution < 1.29 is 18.7 Å². The number of rotatable bonds is 3. The van der Waals surface area contributed by atoms with Crippen LogP contribution in [0.1, 0.15) is 6.92 Å². The second-order valence-electron chi connectivity index (χ2n) is 5.00. The van der Waals surface area contributed by atoms with E-state index >= 15 is 0 Å². The number of carbonyl (C=O) groups is 1. The first-order chi connectivity index (χ1) is 11.5. The smallest absolute Gasteiger partial charge is 0.328 e. The average Bonchev–Trinajstić information content (AvgIpc) is 2.97. The van der Waals surface area contributed by atoms with E-state index in [0.29, 0.717) is 11.7 Å². The maximum Gasteiger partial charge on any atom is 0.328 e. The fraction of sp³-hybridized carbons (Fsp3) is 0.133. The number of hydrogen-bond donors (Lipinski definition) is 2. The first-order valence-electron chi connectivity index (χ1n) is 6.98. The molecular formula is C15H13F2N5O2. The summed E-state index contributed by atoms with van der Waals surface area (Å²) in [7, 11) is 0. The van der Waals surface area contributed by atoms with Crippen molar-refractivity contribution in [2.45, 2.75) is 13.2 Å². The van der Waals surface area contributed by atoms with Crippen molar-refractivity contribution in [3.05, 3.63) is 54.5 Å². The summed E-state index contributed by atoms with van der Waals surface area (Å²) in [5.74, 6) is -1.68. The number of urea groups is 1. The van der Waals surface area contributed by atoms with Crippen LogP contribution in [0.5, 0.6) is 0 Å². The van der Waals surface area contributed by atoms with Gasteiger partial charge in [-0.1, -0.05) is 0 Å². The third-order valence-corrected chi connectivity index (χ3v) is 3.28. The fourth-order valence-corrected chi connectivity index (χ4v) is 2.20. The number of benzene rings is 1. The van der Waals surface area contributed by atoms with Crippen molar-refractivity contribution in [2.24, 2.45) is 0 Å². The van der Waals surface area contributed by atoms with Gasteiger partial charge >= 0.3 is 6.03 Å². The number of fused-ring (bicyclic) bond motifs is 1. The third-order valence-electron chi connectivity index (χ3n) is 3.28. The standard InChI is InChI=1S/C15H13F2N5O2/c1-9(23)22(11-7-14-18-4-5-21(14)19-8-11)15(24)20-13-3-2-10(16)6-12(13)17/h2-9,23H,1H3,(H,20,24). The summed E-state index contributed by atoms with van der Waals surface area (Å²) >= 11 is 0. The number of hydrogen-bond acceptors (Lipinski definition) is 4. The molecule has 2 N–H and O–H groups in total. The number of aliphatic hydroxyl groups excluding tert-OH is 1. The van der Waals surface area contributed by atoms with Crippen molar-refractivity contribution in [1.82, 2.24) is 14.6 Å². The Kier molecular flexibility index (Phi) is 4.09. The van der Waals surface area contributed by atoms with Crippen molar-refractivity contribution in [2.75, 3.05) is 10.2 Å². The molecule has 2 heterocycles. The first kappa shape index (κ1) is 15.8. The van der Waals surface area contributed by atoms with Crippen molar-refractivity contribution >= 4 is 23.1 Å². The van der Waals surface area contributed by atoms with E-state index in [2.05, 4.69) is 15.4 Å². The van der Waals surface area contributed by atoms with E-state index in [-0.39, 0.29) is 11.4 Å². The molecule has 0 spiro atoms. The summed E-state index contributed by atoms with van der Waals surface area (Å²) in [6, 6.07) is 3.51. The van der Waals surface area contributed by atoms with Crippen LogP contribution in [0.3, 0.4) is 0 Å². The summed E-state index contributed by atoms with van der Waals surface area (Å²) in [5.41, 5.74) is 0.532. The number of nitrogens with one attached hydrogen (secondary N) is 1. The Hall–Kier alpha value is -3.07. The van der Waals surface area contributed by atoms with Crippen LogP contribution in [0, 0.1) is 11.6 Å². The van der Waals surface area contributed by atoms with Crippen LogP contribution in [-0.4, -0.2) is 32.0 Å². The molecule has 24 heavy (non-hydrogen) atoms. The maximum absolute atomic E-state index is 13.7. The normalized spacial score (nSPS) is 12.2. The highest BCUT2D eigenvalue weighted by Gasteiger charge is 2.22. The Balaban J connectivity index is 1.90. The highest BCUT2D eigenvalue weighted by atomic mass is 19.1. The molecular weight excluding hydrogens is 320 g/mol. The van der Waals surface area contributed by atoms with Crippen LogP contribution >= 0.6 is 0 Å². The van der Waals surface area contributed by atoms with Gasteiger partial charge in [0.2, 0.25) is 0 Å². The van der Waals surface area contributed by atoms with Gasteiger partial charge in [0.1, 0.15) is 17.9 Å². The van der Waals surface area contributed by atoms with Gasteiger partial charge in [-0.15, -0.1) is 0 Å². The van der Waals surface area contributed by atoms with E-state index in [0.717, 1.165) is 17.0 Å². The molecule has 124 valence electrons. The zero-order valence-electron chi connectivity index (χ0n) is 12.5. The van der Waals surface area contributed by atoms with E-state index in [1.807, 2.05) is 0 Å². The van der Waals surface area contributed by atoms with Crippen LogP contribution < -0.4 is 10.2 Å². The van der Waals surface area contributed by atoms with Crippen LogP contribution in [0.25, 0.3) is 5.65 Å². The quantitative estimate of drug-likeness (QED) is 0.721. The average molecular weight is 333 g/mol. The number of anilines is 2. The van der Waals surface area contributed by atoms with Gasteiger partial charge in [0, 0.05) is 24.5 Å². The summed E-state index contributed by atoms with van der Waals surface area (Å²) in [4.78, 5) is 17.4. The molecule has 0 radical (unpaired) electrons. The highest BCUT2D eigenvalue weighted by molar-refractivity contribution is 6.02. The number of imidazole rings is 1. The molecule has 0 aliphatic carbocycles. The van der Waals surface area contributed by atoms with Gasteiger partial charge in [-0.2, -0.15) is 5.10 Å². The Morgan fingerprint density at radius 2 is 2.17 bits per heavy atom. The number of amides is 2. The Bertz CT molecular complexity index is 896. The number of carbonyl (C=O) groups excluding carboxylic acids is 1. The fourth-order valence-electron chi connectivity index (χ4n) is 2.20. The molecule has 1 atom stereocenters. The molecule has 1 aromatic carbocycles. The molecule has 7 nitrogen and oxygen atoms in total. The van der Waals surface area contributed by atoms with Gasteiger partial charge in [-0.25, -0.2) is 23.1 Å². The molecule has 3 aromatic rings. The SMILES string of the molecule is CC(O)N(C(=O)Nc1ccc(F)cc1F)c1cnn2ccnc2c1. The Labute approximate surface area is 135 Å². The second-order valence-corrected chi connectivity index (χ2v) is 5.00. The number of aliphatic hydroxyl groups is 1. The minimum Gasteiger partial charge on any atom is -0.373 e. The van der Waals surface area contributed by atoms with Crippen LogP contribution in [0.4, 0.5) is 25.0 Å². The molecule has 0 saturated heterocycles. The third kappa shape index (κ3) is 3.01. The molecule has 1 unspecified atom stereocenters. The molecule has 0 aliphatic heterocycles. The zero-order chi connectivity index (χ0) is 17.3. The van der Waals surface area contributed by atoms with Gasteiger partial charge in [0.25, 0.3) is 0 Å². The van der Waals surface area contributed by atoms with Crippen LogP contribution in [0.2, 0.25) is 0 Å². The summed E-state index contributed by atoms with van der Waals surface area (Å²) in [6.45, 7) is 1.37. The molecule has 2 aromatic heterocycles. The zero-order valence-corrected chi connectivity index (χ0v) is 12.5. The highest BCUT2D eigenvalue weighted by Crippen LogP contribution is 2.20. The van der Waals surface area contributed by atoms with Gasteiger partial charge in [0.15, 0.2) is 5.65 Å². The Morgan fingerprint density at radius 1 is 1.38 bits per heavy atom. The lowest BCUT2D eigenvalue weighted by Gasteiger charge is -2.25. The molecule has 0 fully saturated rings.